The van der Waals surface area contributed by atoms with Crippen molar-refractivity contribution in [3.05, 3.63) is 64.7 Å². The predicted molar refractivity (Wildman–Crippen MR) is 121 cm³/mol. The van der Waals surface area contributed by atoms with E-state index in [9.17, 15) is 13.2 Å². The molecule has 0 bridgehead atoms. The molecule has 2 aromatic rings. The van der Waals surface area contributed by atoms with Crippen LogP contribution < -0.4 is 4.90 Å². The number of hydrogen-bond acceptors (Lipinski definition) is 4. The molecule has 4 rings (SSSR count). The lowest BCUT2D eigenvalue weighted by atomic mass is 9.87. The molecule has 2 heterocycles. The second kappa shape index (κ2) is 7.66. The Morgan fingerprint density at radius 2 is 1.63 bits per heavy atom. The van der Waals surface area contributed by atoms with Crippen LogP contribution in [0.5, 0.6) is 0 Å². The summed E-state index contributed by atoms with van der Waals surface area (Å²) in [6, 6.07) is 14.8. The Labute approximate surface area is 183 Å². The number of sulfone groups is 1. The van der Waals surface area contributed by atoms with Crippen molar-refractivity contribution in [3.8, 4) is 0 Å². The van der Waals surface area contributed by atoms with Gasteiger partial charge in [0.25, 0.3) is 0 Å². The fourth-order valence-electron chi connectivity index (χ4n) is 4.43. The minimum absolute atomic E-state index is 0.00935. The van der Waals surface area contributed by atoms with Gasteiger partial charge in [0.1, 0.15) is 0 Å². The summed E-state index contributed by atoms with van der Waals surface area (Å²) in [5.41, 5.74) is 2.84. The number of benzene rings is 2. The van der Waals surface area contributed by atoms with Crippen molar-refractivity contribution in [2.24, 2.45) is 0 Å². The number of halogens is 1. The third kappa shape index (κ3) is 4.13. The van der Waals surface area contributed by atoms with E-state index in [4.69, 9.17) is 11.6 Å². The van der Waals surface area contributed by atoms with E-state index in [1.54, 1.807) is 4.90 Å². The van der Waals surface area contributed by atoms with Crippen LogP contribution >= 0.6 is 11.6 Å². The molecule has 0 aromatic heterocycles. The molecule has 0 N–H and O–H groups in total. The normalized spacial score (nSPS) is 24.1. The quantitative estimate of drug-likeness (QED) is 0.722. The van der Waals surface area contributed by atoms with Gasteiger partial charge in [-0.25, -0.2) is 8.42 Å². The molecule has 0 radical (unpaired) electrons. The summed E-state index contributed by atoms with van der Waals surface area (Å²) in [4.78, 5) is 16.8. The monoisotopic (exact) mass is 446 g/mol. The average Bonchev–Trinajstić information content (AvgIpc) is 2.98. The SMILES string of the molecule is CC(C)(C)c1ccc(N2C(=O)CN(Cc3ccccc3Cl)[C@H]3CS(=O)(=O)C[C@H]32)cc1. The van der Waals surface area contributed by atoms with Crippen molar-refractivity contribution >= 4 is 33.0 Å². The summed E-state index contributed by atoms with van der Waals surface area (Å²) < 4.78 is 25.1. The highest BCUT2D eigenvalue weighted by atomic mass is 35.5. The second-order valence-corrected chi connectivity index (χ2v) is 11.8. The number of amides is 1. The van der Waals surface area contributed by atoms with E-state index < -0.39 is 9.84 Å². The molecule has 0 saturated carbocycles. The van der Waals surface area contributed by atoms with Crippen LogP contribution in [0, 0.1) is 0 Å². The standard InChI is InChI=1S/C23H27ClN2O3S/c1-23(2,3)17-8-10-18(11-9-17)26-21-15-30(28,29)14-20(21)25(13-22(26)27)12-16-6-4-5-7-19(16)24/h4-11,20-21H,12-15H2,1-3H3/t20-,21+/m0/s1. The van der Waals surface area contributed by atoms with Crippen molar-refractivity contribution in [2.45, 2.75) is 44.8 Å². The molecule has 0 unspecified atom stereocenters. The van der Waals surface area contributed by atoms with Gasteiger partial charge >= 0.3 is 0 Å². The molecule has 0 aliphatic carbocycles. The first-order chi connectivity index (χ1) is 14.0. The number of carbonyl (C=O) groups excluding carboxylic acids is 1. The highest BCUT2D eigenvalue weighted by Gasteiger charge is 2.49. The maximum absolute atomic E-state index is 13.2. The van der Waals surface area contributed by atoms with E-state index in [1.165, 1.54) is 5.56 Å². The van der Waals surface area contributed by atoms with Crippen LogP contribution in [0.4, 0.5) is 5.69 Å². The molecule has 160 valence electrons. The van der Waals surface area contributed by atoms with Gasteiger partial charge in [-0.2, -0.15) is 0 Å². The zero-order chi connectivity index (χ0) is 21.7. The number of fused-ring (bicyclic) bond motifs is 1. The lowest BCUT2D eigenvalue weighted by Crippen LogP contribution is -2.61. The minimum Gasteiger partial charge on any atom is -0.306 e. The molecule has 2 atom stereocenters. The van der Waals surface area contributed by atoms with Crippen molar-refractivity contribution < 1.29 is 13.2 Å². The molecule has 2 fully saturated rings. The minimum atomic E-state index is -3.23. The summed E-state index contributed by atoms with van der Waals surface area (Å²) in [6.45, 7) is 7.04. The molecule has 1 amide bonds. The Kier molecular flexibility index (Phi) is 5.45. The van der Waals surface area contributed by atoms with E-state index >= 15 is 0 Å². The molecule has 2 aliphatic heterocycles. The summed E-state index contributed by atoms with van der Waals surface area (Å²) in [5.74, 6) is -0.0287. The molecule has 0 spiro atoms. The Morgan fingerprint density at radius 1 is 1.00 bits per heavy atom. The summed E-state index contributed by atoms with van der Waals surface area (Å²) >= 11 is 6.31. The van der Waals surface area contributed by atoms with Crippen LogP contribution in [0.2, 0.25) is 5.02 Å². The number of anilines is 1. The van der Waals surface area contributed by atoms with Crippen LogP contribution in [0.1, 0.15) is 31.9 Å². The fraction of sp³-hybridized carbons (Fsp3) is 0.435. The first-order valence-electron chi connectivity index (χ1n) is 10.2. The topological polar surface area (TPSA) is 57.7 Å². The van der Waals surface area contributed by atoms with E-state index in [2.05, 4.69) is 20.8 Å². The highest BCUT2D eigenvalue weighted by molar-refractivity contribution is 7.91. The van der Waals surface area contributed by atoms with Crippen molar-refractivity contribution in [1.82, 2.24) is 4.90 Å². The van der Waals surface area contributed by atoms with Gasteiger partial charge in [0.2, 0.25) is 5.91 Å². The number of piperazine rings is 1. The maximum atomic E-state index is 13.2. The van der Waals surface area contributed by atoms with Gasteiger partial charge in [0, 0.05) is 23.3 Å². The Balaban J connectivity index is 1.65. The number of nitrogens with zero attached hydrogens (tertiary/aromatic N) is 2. The Hall–Kier alpha value is -1.89. The van der Waals surface area contributed by atoms with Gasteiger partial charge in [-0.05, 0) is 34.7 Å². The Morgan fingerprint density at radius 3 is 2.27 bits per heavy atom. The van der Waals surface area contributed by atoms with Gasteiger partial charge in [-0.3, -0.25) is 9.69 Å². The zero-order valence-electron chi connectivity index (χ0n) is 17.5. The van der Waals surface area contributed by atoms with Gasteiger partial charge < -0.3 is 4.90 Å². The van der Waals surface area contributed by atoms with Crippen molar-refractivity contribution in [3.63, 3.8) is 0 Å². The van der Waals surface area contributed by atoms with Crippen LogP contribution in [0.15, 0.2) is 48.5 Å². The summed E-state index contributed by atoms with van der Waals surface area (Å²) in [7, 11) is -3.23. The molecule has 2 aromatic carbocycles. The lowest BCUT2D eigenvalue weighted by Gasteiger charge is -2.43. The third-order valence-electron chi connectivity index (χ3n) is 6.04. The van der Waals surface area contributed by atoms with Gasteiger partial charge in [0.15, 0.2) is 9.84 Å². The molecule has 2 aliphatic rings. The molecular formula is C23H27ClN2O3S. The van der Waals surface area contributed by atoms with E-state index in [0.29, 0.717) is 11.6 Å². The first-order valence-corrected chi connectivity index (χ1v) is 12.4. The van der Waals surface area contributed by atoms with E-state index in [0.717, 1.165) is 11.3 Å². The van der Waals surface area contributed by atoms with Gasteiger partial charge in [-0.15, -0.1) is 0 Å². The third-order valence-corrected chi connectivity index (χ3v) is 8.11. The average molecular weight is 447 g/mol. The molecule has 5 nitrogen and oxygen atoms in total. The van der Waals surface area contributed by atoms with Crippen LogP contribution in [0.25, 0.3) is 0 Å². The number of rotatable bonds is 3. The zero-order valence-corrected chi connectivity index (χ0v) is 19.1. The number of hydrogen-bond donors (Lipinski definition) is 0. The van der Waals surface area contributed by atoms with E-state index in [1.807, 2.05) is 53.4 Å². The molecule has 7 heteroatoms. The second-order valence-electron chi connectivity index (χ2n) is 9.27. The Bertz CT molecular complexity index is 1060. The van der Waals surface area contributed by atoms with Gasteiger partial charge in [0.05, 0.1) is 24.1 Å². The van der Waals surface area contributed by atoms with E-state index in [-0.39, 0.29) is 41.5 Å². The number of carbonyl (C=O) groups is 1. The molecule has 30 heavy (non-hydrogen) atoms. The first kappa shape index (κ1) is 21.3. The smallest absolute Gasteiger partial charge is 0.241 e. The highest BCUT2D eigenvalue weighted by Crippen LogP contribution is 2.34. The molecule has 2 saturated heterocycles. The van der Waals surface area contributed by atoms with Crippen LogP contribution in [0.3, 0.4) is 0 Å². The lowest BCUT2D eigenvalue weighted by molar-refractivity contribution is -0.123. The predicted octanol–water partition coefficient (Wildman–Crippen LogP) is 3.65. The summed E-state index contributed by atoms with van der Waals surface area (Å²) in [6.07, 6.45) is 0. The van der Waals surface area contributed by atoms with Gasteiger partial charge in [-0.1, -0.05) is 62.7 Å². The fourth-order valence-corrected chi connectivity index (χ4v) is 6.61. The van der Waals surface area contributed by atoms with Crippen molar-refractivity contribution in [1.29, 1.82) is 0 Å². The summed E-state index contributed by atoms with van der Waals surface area (Å²) in [5, 5.41) is 0.627. The van der Waals surface area contributed by atoms with Crippen LogP contribution in [-0.2, 0) is 26.6 Å². The maximum Gasteiger partial charge on any atom is 0.241 e. The van der Waals surface area contributed by atoms with Crippen molar-refractivity contribution in [2.75, 3.05) is 23.0 Å². The van der Waals surface area contributed by atoms with Crippen LogP contribution in [-0.4, -0.2) is 49.4 Å². The largest absolute Gasteiger partial charge is 0.306 e. The molecular weight excluding hydrogens is 420 g/mol.